The van der Waals surface area contributed by atoms with Gasteiger partial charge in [0, 0.05) is 5.69 Å². The standard InChI is InChI=1S/C15H12N4O3S/c1-7-6-9(15(21)22)18-13(17-7)11(12(16)20)14-19-8-4-2-3-5-10(8)23-14/h2-6,11H,1H3,(H2,16,20)(H,21,22). The first-order chi connectivity index (χ1) is 11.0. The average molecular weight is 328 g/mol. The van der Waals surface area contributed by atoms with E-state index in [1.54, 1.807) is 6.92 Å². The minimum absolute atomic E-state index is 0.0500. The molecule has 2 aromatic heterocycles. The predicted molar refractivity (Wildman–Crippen MR) is 84.4 cm³/mol. The number of para-hydroxylation sites is 1. The third kappa shape index (κ3) is 2.88. The van der Waals surface area contributed by atoms with Crippen molar-refractivity contribution in [3.05, 3.63) is 52.6 Å². The van der Waals surface area contributed by atoms with Crippen LogP contribution >= 0.6 is 11.3 Å². The van der Waals surface area contributed by atoms with E-state index in [9.17, 15) is 9.59 Å². The molecule has 0 spiro atoms. The van der Waals surface area contributed by atoms with E-state index in [1.807, 2.05) is 24.3 Å². The second-order valence-electron chi connectivity index (χ2n) is 4.91. The van der Waals surface area contributed by atoms with E-state index in [2.05, 4.69) is 15.0 Å². The number of benzene rings is 1. The summed E-state index contributed by atoms with van der Waals surface area (Å²) in [5, 5.41) is 9.56. The van der Waals surface area contributed by atoms with Gasteiger partial charge in [0.1, 0.15) is 16.7 Å². The van der Waals surface area contributed by atoms with Gasteiger partial charge in [0.2, 0.25) is 5.91 Å². The molecule has 0 aliphatic rings. The number of carboxylic acid groups (broad SMARTS) is 1. The molecule has 2 heterocycles. The van der Waals surface area contributed by atoms with Crippen molar-refractivity contribution in [2.75, 3.05) is 0 Å². The minimum atomic E-state index is -1.19. The number of hydrogen-bond donors (Lipinski definition) is 2. The smallest absolute Gasteiger partial charge is 0.354 e. The fourth-order valence-corrected chi connectivity index (χ4v) is 3.28. The maximum Gasteiger partial charge on any atom is 0.354 e. The average Bonchev–Trinajstić information content (AvgIpc) is 2.89. The minimum Gasteiger partial charge on any atom is -0.477 e. The van der Waals surface area contributed by atoms with Gasteiger partial charge in [0.05, 0.1) is 10.2 Å². The molecule has 1 unspecified atom stereocenters. The molecule has 1 amide bonds. The molecule has 0 bridgehead atoms. The van der Waals surface area contributed by atoms with E-state index >= 15 is 0 Å². The highest BCUT2D eigenvalue weighted by Gasteiger charge is 2.28. The van der Waals surface area contributed by atoms with Gasteiger partial charge in [-0.1, -0.05) is 12.1 Å². The Morgan fingerprint density at radius 2 is 1.96 bits per heavy atom. The highest BCUT2D eigenvalue weighted by Crippen LogP contribution is 2.30. The highest BCUT2D eigenvalue weighted by atomic mass is 32.1. The summed E-state index contributed by atoms with van der Waals surface area (Å²) >= 11 is 1.31. The number of fused-ring (bicyclic) bond motifs is 1. The van der Waals surface area contributed by atoms with E-state index in [1.165, 1.54) is 17.4 Å². The Labute approximate surface area is 134 Å². The number of rotatable bonds is 4. The molecule has 23 heavy (non-hydrogen) atoms. The lowest BCUT2D eigenvalue weighted by Gasteiger charge is -2.10. The van der Waals surface area contributed by atoms with Crippen LogP contribution in [0.4, 0.5) is 0 Å². The number of aromatic carboxylic acids is 1. The lowest BCUT2D eigenvalue weighted by molar-refractivity contribution is -0.118. The molecule has 3 N–H and O–H groups in total. The number of amides is 1. The Balaban J connectivity index is 2.15. The quantitative estimate of drug-likeness (QED) is 0.752. The lowest BCUT2D eigenvalue weighted by Crippen LogP contribution is -2.25. The van der Waals surface area contributed by atoms with Gasteiger partial charge >= 0.3 is 5.97 Å². The van der Waals surface area contributed by atoms with Gasteiger partial charge in [-0.2, -0.15) is 0 Å². The molecule has 3 rings (SSSR count). The molecule has 1 atom stereocenters. The molecular formula is C15H12N4O3S. The third-order valence-electron chi connectivity index (χ3n) is 3.19. The van der Waals surface area contributed by atoms with Crippen LogP contribution in [0.5, 0.6) is 0 Å². The number of nitrogens with two attached hydrogens (primary N) is 1. The second-order valence-corrected chi connectivity index (χ2v) is 5.98. The summed E-state index contributed by atoms with van der Waals surface area (Å²) in [5.74, 6) is -2.80. The number of primary amides is 1. The van der Waals surface area contributed by atoms with Crippen molar-refractivity contribution in [1.82, 2.24) is 15.0 Å². The normalized spacial score (nSPS) is 12.2. The zero-order valence-corrected chi connectivity index (χ0v) is 12.9. The Kier molecular flexibility index (Phi) is 3.75. The van der Waals surface area contributed by atoms with E-state index in [-0.39, 0.29) is 11.5 Å². The first-order valence-corrected chi connectivity index (χ1v) is 7.51. The van der Waals surface area contributed by atoms with E-state index < -0.39 is 17.8 Å². The summed E-state index contributed by atoms with van der Waals surface area (Å²) in [6.07, 6.45) is 0. The van der Waals surface area contributed by atoms with Crippen molar-refractivity contribution in [2.24, 2.45) is 5.73 Å². The van der Waals surface area contributed by atoms with Crippen molar-refractivity contribution in [3.8, 4) is 0 Å². The first kappa shape index (κ1) is 15.0. The fourth-order valence-electron chi connectivity index (χ4n) is 2.20. The van der Waals surface area contributed by atoms with Gasteiger partial charge in [-0.15, -0.1) is 11.3 Å². The number of aryl methyl sites for hydroxylation is 1. The van der Waals surface area contributed by atoms with Crippen LogP contribution in [0.25, 0.3) is 10.2 Å². The highest BCUT2D eigenvalue weighted by molar-refractivity contribution is 7.18. The molecule has 0 aliphatic carbocycles. The Bertz CT molecular complexity index is 889. The predicted octanol–water partition coefficient (Wildman–Crippen LogP) is 1.71. The third-order valence-corrected chi connectivity index (χ3v) is 4.29. The Hall–Kier alpha value is -2.87. The van der Waals surface area contributed by atoms with Crippen molar-refractivity contribution < 1.29 is 14.7 Å². The number of aromatic nitrogens is 3. The molecule has 116 valence electrons. The molecule has 7 nitrogen and oxygen atoms in total. The van der Waals surface area contributed by atoms with Crippen molar-refractivity contribution >= 4 is 33.4 Å². The lowest BCUT2D eigenvalue weighted by atomic mass is 10.1. The van der Waals surface area contributed by atoms with Crippen LogP contribution in [0.15, 0.2) is 30.3 Å². The fraction of sp³-hybridized carbons (Fsp3) is 0.133. The van der Waals surface area contributed by atoms with E-state index in [4.69, 9.17) is 10.8 Å². The molecule has 0 saturated carbocycles. The summed E-state index contributed by atoms with van der Waals surface area (Å²) in [6, 6.07) is 8.76. The topological polar surface area (TPSA) is 119 Å². The molecule has 0 saturated heterocycles. The number of carbonyl (C=O) groups excluding carboxylic acids is 1. The largest absolute Gasteiger partial charge is 0.477 e. The number of carboxylic acids is 1. The Morgan fingerprint density at radius 1 is 1.22 bits per heavy atom. The number of nitrogens with zero attached hydrogens (tertiary/aromatic N) is 3. The van der Waals surface area contributed by atoms with Gasteiger partial charge < -0.3 is 10.8 Å². The van der Waals surface area contributed by atoms with Crippen molar-refractivity contribution in [2.45, 2.75) is 12.8 Å². The van der Waals surface area contributed by atoms with E-state index in [0.717, 1.165) is 10.2 Å². The van der Waals surface area contributed by atoms with Crippen molar-refractivity contribution in [1.29, 1.82) is 0 Å². The summed E-state index contributed by atoms with van der Waals surface area (Å²) < 4.78 is 0.903. The number of carbonyl (C=O) groups is 2. The summed E-state index contributed by atoms with van der Waals surface area (Å²) in [6.45, 7) is 1.63. The van der Waals surface area contributed by atoms with Crippen LogP contribution in [0.2, 0.25) is 0 Å². The monoisotopic (exact) mass is 328 g/mol. The second kappa shape index (κ2) is 5.73. The zero-order chi connectivity index (χ0) is 16.6. The van der Waals surface area contributed by atoms with Crippen LogP contribution in [-0.2, 0) is 4.79 Å². The summed E-state index contributed by atoms with van der Waals surface area (Å²) in [4.78, 5) is 35.6. The first-order valence-electron chi connectivity index (χ1n) is 6.69. The van der Waals surface area contributed by atoms with Crippen LogP contribution < -0.4 is 5.73 Å². The van der Waals surface area contributed by atoms with Gasteiger partial charge in [0.25, 0.3) is 0 Å². The SMILES string of the molecule is Cc1cc(C(=O)O)nc(C(C(N)=O)c2nc3ccccc3s2)n1. The number of thiazole rings is 1. The molecule has 3 aromatic rings. The van der Waals surface area contributed by atoms with Gasteiger partial charge in [-0.3, -0.25) is 4.79 Å². The van der Waals surface area contributed by atoms with Crippen LogP contribution in [0.3, 0.4) is 0 Å². The van der Waals surface area contributed by atoms with Gasteiger partial charge in [-0.25, -0.2) is 19.7 Å². The van der Waals surface area contributed by atoms with Gasteiger partial charge in [0.15, 0.2) is 5.69 Å². The van der Waals surface area contributed by atoms with E-state index in [0.29, 0.717) is 10.7 Å². The maximum atomic E-state index is 11.9. The molecule has 0 radical (unpaired) electrons. The molecule has 1 aromatic carbocycles. The van der Waals surface area contributed by atoms with Crippen LogP contribution in [0.1, 0.15) is 32.9 Å². The van der Waals surface area contributed by atoms with Crippen LogP contribution in [-0.4, -0.2) is 31.9 Å². The molecule has 0 fully saturated rings. The molecular weight excluding hydrogens is 316 g/mol. The molecule has 0 aliphatic heterocycles. The van der Waals surface area contributed by atoms with Crippen molar-refractivity contribution in [3.63, 3.8) is 0 Å². The summed E-state index contributed by atoms with van der Waals surface area (Å²) in [7, 11) is 0. The Morgan fingerprint density at radius 3 is 2.61 bits per heavy atom. The molecule has 8 heteroatoms. The summed E-state index contributed by atoms with van der Waals surface area (Å²) in [5.41, 5.74) is 6.50. The van der Waals surface area contributed by atoms with Crippen LogP contribution in [0, 0.1) is 6.92 Å². The number of hydrogen-bond acceptors (Lipinski definition) is 6. The maximum absolute atomic E-state index is 11.9. The zero-order valence-electron chi connectivity index (χ0n) is 12.1. The van der Waals surface area contributed by atoms with Gasteiger partial charge in [-0.05, 0) is 25.1 Å².